The molecule has 1 aromatic heterocycles. The first-order valence-electron chi connectivity index (χ1n) is 8.19. The highest BCUT2D eigenvalue weighted by Gasteiger charge is 2.14. The Kier molecular flexibility index (Phi) is 4.58. The van der Waals surface area contributed by atoms with Crippen LogP contribution in [-0.2, 0) is 6.54 Å². The number of nitrogens with zero attached hydrogens (tertiary/aromatic N) is 2. The van der Waals surface area contributed by atoms with Crippen molar-refractivity contribution in [2.75, 3.05) is 7.11 Å². The quantitative estimate of drug-likeness (QED) is 0.428. The molecule has 26 heavy (non-hydrogen) atoms. The number of fused-ring (bicyclic) bond motifs is 1. The zero-order valence-corrected chi connectivity index (χ0v) is 15.6. The maximum Gasteiger partial charge on any atom is 0.141 e. The average molecular weight is 383 g/mol. The number of hydrogen-bond donors (Lipinski definition) is 0. The van der Waals surface area contributed by atoms with E-state index in [1.165, 1.54) is 0 Å². The van der Waals surface area contributed by atoms with E-state index in [1.807, 2.05) is 54.6 Å². The molecule has 0 fully saturated rings. The van der Waals surface area contributed by atoms with E-state index in [9.17, 15) is 0 Å². The second kappa shape index (κ2) is 7.02. The van der Waals surface area contributed by atoms with E-state index in [0.717, 1.165) is 33.7 Å². The molecule has 0 spiro atoms. The SMILES string of the molecule is COc1cccc(-c2nc3ccccc3n2Cc2ccc(Cl)cc2Cl)c1. The largest absolute Gasteiger partial charge is 0.497 e. The van der Waals surface area contributed by atoms with Gasteiger partial charge < -0.3 is 9.30 Å². The fourth-order valence-corrected chi connectivity index (χ4v) is 3.51. The lowest BCUT2D eigenvalue weighted by atomic mass is 10.2. The fourth-order valence-electron chi connectivity index (χ4n) is 3.04. The van der Waals surface area contributed by atoms with Crippen molar-refractivity contribution in [3.8, 4) is 17.1 Å². The number of para-hydroxylation sites is 2. The molecule has 0 saturated heterocycles. The molecule has 0 atom stereocenters. The number of rotatable bonds is 4. The van der Waals surface area contributed by atoms with Crippen LogP contribution in [0.25, 0.3) is 22.4 Å². The number of ether oxygens (including phenoxy) is 1. The summed E-state index contributed by atoms with van der Waals surface area (Å²) in [6.07, 6.45) is 0. The summed E-state index contributed by atoms with van der Waals surface area (Å²) in [5, 5.41) is 1.27. The molecular weight excluding hydrogens is 367 g/mol. The van der Waals surface area contributed by atoms with Gasteiger partial charge in [0.1, 0.15) is 11.6 Å². The molecule has 1 heterocycles. The Labute approximate surface area is 161 Å². The molecule has 5 heteroatoms. The van der Waals surface area contributed by atoms with Crippen molar-refractivity contribution >= 4 is 34.2 Å². The van der Waals surface area contributed by atoms with Crippen LogP contribution < -0.4 is 4.74 Å². The van der Waals surface area contributed by atoms with Crippen LogP contribution in [0.1, 0.15) is 5.56 Å². The van der Waals surface area contributed by atoms with E-state index in [-0.39, 0.29) is 0 Å². The number of benzene rings is 3. The van der Waals surface area contributed by atoms with E-state index >= 15 is 0 Å². The lowest BCUT2D eigenvalue weighted by Gasteiger charge is -2.12. The van der Waals surface area contributed by atoms with E-state index in [0.29, 0.717) is 16.6 Å². The summed E-state index contributed by atoms with van der Waals surface area (Å²) in [5.41, 5.74) is 3.97. The monoisotopic (exact) mass is 382 g/mol. The summed E-state index contributed by atoms with van der Waals surface area (Å²) in [6.45, 7) is 0.600. The van der Waals surface area contributed by atoms with Gasteiger partial charge in [0.25, 0.3) is 0 Å². The van der Waals surface area contributed by atoms with Gasteiger partial charge in [-0.2, -0.15) is 0 Å². The molecular formula is C21H16Cl2N2O. The maximum absolute atomic E-state index is 6.41. The van der Waals surface area contributed by atoms with Crippen molar-refractivity contribution < 1.29 is 4.74 Å². The van der Waals surface area contributed by atoms with Gasteiger partial charge in [0.05, 0.1) is 24.7 Å². The topological polar surface area (TPSA) is 27.1 Å². The van der Waals surface area contributed by atoms with Crippen molar-refractivity contribution in [1.29, 1.82) is 0 Å². The molecule has 0 radical (unpaired) electrons. The lowest BCUT2D eigenvalue weighted by Crippen LogP contribution is -2.03. The van der Waals surface area contributed by atoms with Crippen LogP contribution in [0.15, 0.2) is 66.7 Å². The zero-order chi connectivity index (χ0) is 18.1. The Morgan fingerprint density at radius 2 is 1.81 bits per heavy atom. The molecule has 4 rings (SSSR count). The van der Waals surface area contributed by atoms with Crippen molar-refractivity contribution in [1.82, 2.24) is 9.55 Å². The van der Waals surface area contributed by atoms with Crippen LogP contribution in [0.5, 0.6) is 5.75 Å². The average Bonchev–Trinajstić information content (AvgIpc) is 3.03. The zero-order valence-electron chi connectivity index (χ0n) is 14.1. The lowest BCUT2D eigenvalue weighted by molar-refractivity contribution is 0.415. The molecule has 4 aromatic rings. The highest BCUT2D eigenvalue weighted by atomic mass is 35.5. The summed E-state index contributed by atoms with van der Waals surface area (Å²) in [6, 6.07) is 21.6. The van der Waals surface area contributed by atoms with Crippen LogP contribution in [0, 0.1) is 0 Å². The fraction of sp³-hybridized carbons (Fsp3) is 0.0952. The molecule has 0 saturated carbocycles. The first-order chi connectivity index (χ1) is 12.7. The molecule has 0 N–H and O–H groups in total. The van der Waals surface area contributed by atoms with Gasteiger partial charge in [-0.1, -0.05) is 53.5 Å². The Morgan fingerprint density at radius 1 is 0.962 bits per heavy atom. The van der Waals surface area contributed by atoms with E-state index in [1.54, 1.807) is 13.2 Å². The minimum Gasteiger partial charge on any atom is -0.497 e. The normalized spacial score (nSPS) is 11.0. The minimum absolute atomic E-state index is 0.600. The second-order valence-electron chi connectivity index (χ2n) is 5.98. The number of halogens is 2. The van der Waals surface area contributed by atoms with Gasteiger partial charge in [0, 0.05) is 15.6 Å². The highest BCUT2D eigenvalue weighted by Crippen LogP contribution is 2.30. The van der Waals surface area contributed by atoms with Gasteiger partial charge in [-0.05, 0) is 42.0 Å². The van der Waals surface area contributed by atoms with E-state index < -0.39 is 0 Å². The third-order valence-corrected chi connectivity index (χ3v) is 4.91. The van der Waals surface area contributed by atoms with E-state index in [4.69, 9.17) is 32.9 Å². The van der Waals surface area contributed by atoms with Crippen LogP contribution in [0.2, 0.25) is 10.0 Å². The summed E-state index contributed by atoms with van der Waals surface area (Å²) >= 11 is 12.4. The Hall–Kier alpha value is -2.49. The van der Waals surface area contributed by atoms with Crippen molar-refractivity contribution in [2.24, 2.45) is 0 Å². The van der Waals surface area contributed by atoms with Gasteiger partial charge in [-0.15, -0.1) is 0 Å². The smallest absolute Gasteiger partial charge is 0.141 e. The summed E-state index contributed by atoms with van der Waals surface area (Å²) in [7, 11) is 1.66. The summed E-state index contributed by atoms with van der Waals surface area (Å²) in [4.78, 5) is 4.84. The molecule has 0 aliphatic carbocycles. The minimum atomic E-state index is 0.600. The first kappa shape index (κ1) is 17.0. The second-order valence-corrected chi connectivity index (χ2v) is 6.82. The Morgan fingerprint density at radius 3 is 2.62 bits per heavy atom. The Bertz CT molecular complexity index is 1090. The predicted molar refractivity (Wildman–Crippen MR) is 107 cm³/mol. The molecule has 3 aromatic carbocycles. The van der Waals surface area contributed by atoms with Crippen LogP contribution in [0.4, 0.5) is 0 Å². The van der Waals surface area contributed by atoms with Crippen LogP contribution in [0.3, 0.4) is 0 Å². The molecule has 0 bridgehead atoms. The highest BCUT2D eigenvalue weighted by molar-refractivity contribution is 6.35. The Balaban J connectivity index is 1.89. The third kappa shape index (κ3) is 3.16. The molecule has 0 unspecified atom stereocenters. The predicted octanol–water partition coefficient (Wildman–Crippen LogP) is 6.07. The summed E-state index contributed by atoms with van der Waals surface area (Å²) in [5.74, 6) is 1.67. The number of hydrogen-bond acceptors (Lipinski definition) is 2. The molecule has 0 amide bonds. The van der Waals surface area contributed by atoms with E-state index in [2.05, 4.69) is 10.6 Å². The molecule has 0 aliphatic rings. The number of aromatic nitrogens is 2. The third-order valence-electron chi connectivity index (χ3n) is 4.33. The van der Waals surface area contributed by atoms with Gasteiger partial charge in [-0.25, -0.2) is 4.98 Å². The van der Waals surface area contributed by atoms with Crippen molar-refractivity contribution in [3.05, 3.63) is 82.3 Å². The first-order valence-corrected chi connectivity index (χ1v) is 8.95. The van der Waals surface area contributed by atoms with Crippen LogP contribution >= 0.6 is 23.2 Å². The van der Waals surface area contributed by atoms with Crippen molar-refractivity contribution in [3.63, 3.8) is 0 Å². The van der Waals surface area contributed by atoms with Crippen LogP contribution in [-0.4, -0.2) is 16.7 Å². The number of imidazole rings is 1. The van der Waals surface area contributed by atoms with Gasteiger partial charge in [0.2, 0.25) is 0 Å². The molecule has 3 nitrogen and oxygen atoms in total. The maximum atomic E-state index is 6.41. The van der Waals surface area contributed by atoms with Gasteiger partial charge in [-0.3, -0.25) is 0 Å². The van der Waals surface area contributed by atoms with Gasteiger partial charge in [0.15, 0.2) is 0 Å². The van der Waals surface area contributed by atoms with Gasteiger partial charge >= 0.3 is 0 Å². The number of methoxy groups -OCH3 is 1. The molecule has 130 valence electrons. The standard InChI is InChI=1S/C21H16Cl2N2O/c1-26-17-6-4-5-14(11-17)21-24-19-7-2-3-8-20(19)25(21)13-15-9-10-16(22)12-18(15)23/h2-12H,13H2,1H3. The van der Waals surface area contributed by atoms with Crippen molar-refractivity contribution in [2.45, 2.75) is 6.54 Å². The summed E-state index contributed by atoms with van der Waals surface area (Å²) < 4.78 is 7.53. The molecule has 0 aliphatic heterocycles.